The molecule has 100 valence electrons. The Morgan fingerprint density at radius 2 is 1.60 bits per heavy atom. The summed E-state index contributed by atoms with van der Waals surface area (Å²) in [6, 6.07) is 17.2. The summed E-state index contributed by atoms with van der Waals surface area (Å²) in [7, 11) is 0. The van der Waals surface area contributed by atoms with Crippen LogP contribution < -0.4 is 15.8 Å². The third-order valence-electron chi connectivity index (χ3n) is 2.53. The zero-order valence-corrected chi connectivity index (χ0v) is 10.5. The van der Waals surface area contributed by atoms with Crippen LogP contribution in [-0.2, 0) is 0 Å². The van der Waals surface area contributed by atoms with Gasteiger partial charge < -0.3 is 20.2 Å². The zero-order valence-electron chi connectivity index (χ0n) is 10.5. The van der Waals surface area contributed by atoms with E-state index in [-0.39, 0.29) is 12.0 Å². The van der Waals surface area contributed by atoms with E-state index < -0.39 is 0 Å². The summed E-state index contributed by atoms with van der Waals surface area (Å²) in [4.78, 5) is 0. The van der Waals surface area contributed by atoms with Gasteiger partial charge in [-0.2, -0.15) is 0 Å². The fourth-order valence-corrected chi connectivity index (χ4v) is 1.64. The second-order valence-electron chi connectivity index (χ2n) is 4.01. The molecule has 0 aliphatic heterocycles. The highest BCUT2D eigenvalue weighted by atomic mass is 16.5. The molecule has 0 spiro atoms. The maximum absolute atomic E-state index is 5.69. The van der Waals surface area contributed by atoms with E-state index in [1.54, 1.807) is 0 Å². The number of rotatable bonds is 4. The first-order chi connectivity index (χ1) is 9.79. The molecular formula is C14H12N4O2. The lowest BCUT2D eigenvalue weighted by atomic mass is 10.3. The fraction of sp³-hybridized carbons (Fsp3) is 0. The highest BCUT2D eigenvalue weighted by molar-refractivity contribution is 5.53. The summed E-state index contributed by atoms with van der Waals surface area (Å²) in [6.07, 6.45) is 0. The number of nitrogens with one attached hydrogen (secondary N) is 1. The average molecular weight is 268 g/mol. The van der Waals surface area contributed by atoms with E-state index in [2.05, 4.69) is 15.5 Å². The maximum atomic E-state index is 5.69. The number of nitrogen functional groups attached to an aromatic ring is 1. The van der Waals surface area contributed by atoms with E-state index in [4.69, 9.17) is 14.9 Å². The standard InChI is InChI=1S/C14H12N4O2/c15-13-17-18-14(20-13)16-10-6-8-12(9-7-10)19-11-4-2-1-3-5-11/h1-9H,(H2,15,17)(H,16,18). The minimum atomic E-state index is 0.0246. The molecule has 0 amide bonds. The Morgan fingerprint density at radius 3 is 2.25 bits per heavy atom. The molecule has 3 aromatic rings. The lowest BCUT2D eigenvalue weighted by molar-refractivity contribution is 0.483. The summed E-state index contributed by atoms with van der Waals surface area (Å²) in [6.45, 7) is 0. The number of hydrogen-bond donors (Lipinski definition) is 2. The van der Waals surface area contributed by atoms with Crippen LogP contribution in [0.15, 0.2) is 59.0 Å². The van der Waals surface area contributed by atoms with Crippen LogP contribution >= 0.6 is 0 Å². The molecule has 0 bridgehead atoms. The SMILES string of the molecule is Nc1nnc(Nc2ccc(Oc3ccccc3)cc2)o1. The molecule has 1 heterocycles. The van der Waals surface area contributed by atoms with Gasteiger partial charge in [0.05, 0.1) is 0 Å². The minimum absolute atomic E-state index is 0.0246. The first kappa shape index (κ1) is 12.0. The van der Waals surface area contributed by atoms with Crippen molar-refractivity contribution in [1.82, 2.24) is 10.2 Å². The van der Waals surface area contributed by atoms with E-state index in [1.807, 2.05) is 54.6 Å². The number of nitrogens with zero attached hydrogens (tertiary/aromatic N) is 2. The van der Waals surface area contributed by atoms with E-state index in [9.17, 15) is 0 Å². The molecule has 0 fully saturated rings. The van der Waals surface area contributed by atoms with Gasteiger partial charge in [-0.15, -0.1) is 0 Å². The van der Waals surface area contributed by atoms with E-state index >= 15 is 0 Å². The topological polar surface area (TPSA) is 86.2 Å². The van der Waals surface area contributed by atoms with Crippen molar-refractivity contribution in [2.75, 3.05) is 11.1 Å². The minimum Gasteiger partial charge on any atom is -0.457 e. The second kappa shape index (κ2) is 5.31. The van der Waals surface area contributed by atoms with Crippen molar-refractivity contribution < 1.29 is 9.15 Å². The largest absolute Gasteiger partial charge is 0.457 e. The second-order valence-corrected chi connectivity index (χ2v) is 4.01. The van der Waals surface area contributed by atoms with Gasteiger partial charge in [0.15, 0.2) is 0 Å². The van der Waals surface area contributed by atoms with Crippen molar-refractivity contribution in [2.45, 2.75) is 0 Å². The maximum Gasteiger partial charge on any atom is 0.321 e. The molecule has 0 atom stereocenters. The van der Waals surface area contributed by atoms with Crippen molar-refractivity contribution in [1.29, 1.82) is 0 Å². The molecule has 6 nitrogen and oxygen atoms in total. The molecule has 1 aromatic heterocycles. The molecule has 2 aromatic carbocycles. The number of anilines is 3. The van der Waals surface area contributed by atoms with Crippen LogP contribution in [0.3, 0.4) is 0 Å². The van der Waals surface area contributed by atoms with Crippen molar-refractivity contribution in [2.24, 2.45) is 0 Å². The van der Waals surface area contributed by atoms with E-state index in [0.29, 0.717) is 0 Å². The van der Waals surface area contributed by atoms with Gasteiger partial charge in [-0.05, 0) is 36.4 Å². The molecular weight excluding hydrogens is 256 g/mol. The van der Waals surface area contributed by atoms with Crippen LogP contribution in [0.5, 0.6) is 11.5 Å². The van der Waals surface area contributed by atoms with Crippen LogP contribution in [0.1, 0.15) is 0 Å². The smallest absolute Gasteiger partial charge is 0.321 e. The average Bonchev–Trinajstić information content (AvgIpc) is 2.88. The predicted molar refractivity (Wildman–Crippen MR) is 75.0 cm³/mol. The molecule has 0 unspecified atom stereocenters. The third kappa shape index (κ3) is 2.86. The highest BCUT2D eigenvalue weighted by Crippen LogP contribution is 2.24. The Bertz CT molecular complexity index is 680. The summed E-state index contributed by atoms with van der Waals surface area (Å²) >= 11 is 0. The van der Waals surface area contributed by atoms with Gasteiger partial charge in [-0.3, -0.25) is 0 Å². The lowest BCUT2D eigenvalue weighted by Crippen LogP contribution is -1.90. The predicted octanol–water partition coefficient (Wildman–Crippen LogP) is 3.19. The van der Waals surface area contributed by atoms with Crippen molar-refractivity contribution in [3.05, 3.63) is 54.6 Å². The Balaban J connectivity index is 1.68. The molecule has 0 aliphatic rings. The monoisotopic (exact) mass is 268 g/mol. The molecule has 3 N–H and O–H groups in total. The summed E-state index contributed by atoms with van der Waals surface area (Å²) in [5.74, 6) is 1.53. The van der Waals surface area contributed by atoms with Gasteiger partial charge in [0, 0.05) is 5.69 Å². The number of para-hydroxylation sites is 1. The quantitative estimate of drug-likeness (QED) is 0.755. The normalized spacial score (nSPS) is 10.2. The summed E-state index contributed by atoms with van der Waals surface area (Å²) in [5.41, 5.74) is 6.14. The number of benzene rings is 2. The van der Waals surface area contributed by atoms with Crippen LogP contribution in [-0.4, -0.2) is 10.2 Å². The third-order valence-corrected chi connectivity index (χ3v) is 2.53. The molecule has 20 heavy (non-hydrogen) atoms. The van der Waals surface area contributed by atoms with Gasteiger partial charge >= 0.3 is 12.0 Å². The van der Waals surface area contributed by atoms with Crippen LogP contribution in [0.4, 0.5) is 17.7 Å². The molecule has 0 aliphatic carbocycles. The number of ether oxygens (including phenoxy) is 1. The van der Waals surface area contributed by atoms with Gasteiger partial charge in [-0.25, -0.2) is 0 Å². The van der Waals surface area contributed by atoms with Gasteiger partial charge in [0.2, 0.25) is 0 Å². The van der Waals surface area contributed by atoms with E-state index in [1.165, 1.54) is 0 Å². The molecule has 0 radical (unpaired) electrons. The highest BCUT2D eigenvalue weighted by Gasteiger charge is 2.03. The van der Waals surface area contributed by atoms with Crippen LogP contribution in [0, 0.1) is 0 Å². The molecule has 0 saturated heterocycles. The Kier molecular flexibility index (Phi) is 3.20. The Hall–Kier alpha value is -3.02. The Labute approximate surface area is 115 Å². The van der Waals surface area contributed by atoms with Crippen molar-refractivity contribution in [3.8, 4) is 11.5 Å². The Morgan fingerprint density at radius 1 is 0.900 bits per heavy atom. The van der Waals surface area contributed by atoms with Gasteiger partial charge in [0.1, 0.15) is 11.5 Å². The molecule has 0 saturated carbocycles. The number of nitrogens with two attached hydrogens (primary N) is 1. The van der Waals surface area contributed by atoms with Crippen molar-refractivity contribution >= 4 is 17.7 Å². The van der Waals surface area contributed by atoms with Crippen LogP contribution in [0.25, 0.3) is 0 Å². The van der Waals surface area contributed by atoms with E-state index in [0.717, 1.165) is 17.2 Å². The molecule has 3 rings (SSSR count). The number of hydrogen-bond acceptors (Lipinski definition) is 6. The summed E-state index contributed by atoms with van der Waals surface area (Å²) < 4.78 is 10.7. The fourth-order valence-electron chi connectivity index (χ4n) is 1.64. The molecule has 6 heteroatoms. The first-order valence-electron chi connectivity index (χ1n) is 5.98. The number of aromatic nitrogens is 2. The first-order valence-corrected chi connectivity index (χ1v) is 5.98. The van der Waals surface area contributed by atoms with Crippen LogP contribution in [0.2, 0.25) is 0 Å². The zero-order chi connectivity index (χ0) is 13.8. The van der Waals surface area contributed by atoms with Gasteiger partial charge in [0.25, 0.3) is 0 Å². The van der Waals surface area contributed by atoms with Gasteiger partial charge in [-0.1, -0.05) is 28.4 Å². The van der Waals surface area contributed by atoms with Crippen molar-refractivity contribution in [3.63, 3.8) is 0 Å². The summed E-state index contributed by atoms with van der Waals surface area (Å²) in [5, 5.41) is 10.2. The lowest BCUT2D eigenvalue weighted by Gasteiger charge is -2.06.